The van der Waals surface area contributed by atoms with Gasteiger partial charge in [-0.3, -0.25) is 4.79 Å². The maximum absolute atomic E-state index is 11.1. The number of ether oxygens (including phenoxy) is 2. The molecule has 0 aromatic heterocycles. The maximum atomic E-state index is 11.1. The summed E-state index contributed by atoms with van der Waals surface area (Å²) in [5.41, 5.74) is 0.841. The average Bonchev–Trinajstić information content (AvgIpc) is 2.14. The van der Waals surface area contributed by atoms with E-state index in [0.717, 1.165) is 5.56 Å². The van der Waals surface area contributed by atoms with Crippen molar-refractivity contribution in [3.8, 4) is 5.75 Å². The van der Waals surface area contributed by atoms with E-state index in [1.165, 1.54) is 6.92 Å². The van der Waals surface area contributed by atoms with Gasteiger partial charge in [0.05, 0.1) is 0 Å². The molecule has 0 aliphatic carbocycles. The summed E-state index contributed by atoms with van der Waals surface area (Å²) in [6.45, 7) is 9.28. The molecule has 3 heteroatoms. The molecule has 94 valence electrons. The third-order valence-corrected chi connectivity index (χ3v) is 2.21. The molecule has 0 heterocycles. The number of hydrogen-bond donors (Lipinski definition) is 0. The van der Waals surface area contributed by atoms with Crippen LogP contribution in [0.15, 0.2) is 24.3 Å². The molecule has 0 bridgehead atoms. The van der Waals surface area contributed by atoms with Crippen LogP contribution in [-0.2, 0) is 9.53 Å². The van der Waals surface area contributed by atoms with E-state index in [-0.39, 0.29) is 11.4 Å². The molecular formula is C14H20O3. The molecule has 1 aromatic carbocycles. The van der Waals surface area contributed by atoms with Crippen LogP contribution in [0, 0.1) is 12.3 Å². The predicted octanol–water partition coefficient (Wildman–Crippen LogP) is 3.31. The summed E-state index contributed by atoms with van der Waals surface area (Å²) < 4.78 is 10.9. The Morgan fingerprint density at radius 1 is 1.29 bits per heavy atom. The van der Waals surface area contributed by atoms with E-state index in [9.17, 15) is 4.79 Å². The van der Waals surface area contributed by atoms with E-state index in [1.54, 1.807) is 0 Å². The van der Waals surface area contributed by atoms with E-state index in [4.69, 9.17) is 9.47 Å². The summed E-state index contributed by atoms with van der Waals surface area (Å²) in [7, 11) is 0. The van der Waals surface area contributed by atoms with Crippen molar-refractivity contribution in [1.29, 1.82) is 0 Å². The Kier molecular flexibility index (Phi) is 4.16. The minimum atomic E-state index is -0.582. The van der Waals surface area contributed by atoms with Crippen LogP contribution in [0.5, 0.6) is 5.75 Å². The van der Waals surface area contributed by atoms with Gasteiger partial charge < -0.3 is 9.47 Å². The molecule has 0 aliphatic rings. The summed E-state index contributed by atoms with van der Waals surface area (Å²) >= 11 is 0. The first-order valence-corrected chi connectivity index (χ1v) is 5.69. The van der Waals surface area contributed by atoms with Crippen molar-refractivity contribution in [2.24, 2.45) is 5.41 Å². The monoisotopic (exact) mass is 236 g/mol. The maximum Gasteiger partial charge on any atom is 0.305 e. The Balaban J connectivity index is 2.83. The molecule has 0 saturated heterocycles. The predicted molar refractivity (Wildman–Crippen MR) is 66.8 cm³/mol. The third kappa shape index (κ3) is 4.47. The quantitative estimate of drug-likeness (QED) is 0.596. The van der Waals surface area contributed by atoms with Gasteiger partial charge in [0, 0.05) is 12.3 Å². The molecule has 0 saturated carbocycles. The van der Waals surface area contributed by atoms with Gasteiger partial charge in [-0.05, 0) is 24.6 Å². The minimum absolute atomic E-state index is 0.268. The van der Waals surface area contributed by atoms with Gasteiger partial charge >= 0.3 is 5.97 Å². The molecule has 0 N–H and O–H groups in total. The number of benzene rings is 1. The lowest BCUT2D eigenvalue weighted by molar-refractivity contribution is -0.176. The zero-order valence-electron chi connectivity index (χ0n) is 11.1. The van der Waals surface area contributed by atoms with Gasteiger partial charge in [0.1, 0.15) is 5.75 Å². The lowest BCUT2D eigenvalue weighted by Crippen LogP contribution is -2.36. The molecule has 3 nitrogen and oxygen atoms in total. The van der Waals surface area contributed by atoms with Gasteiger partial charge in [0.2, 0.25) is 6.29 Å². The molecule has 1 unspecified atom stereocenters. The zero-order valence-corrected chi connectivity index (χ0v) is 11.1. The normalized spacial score (nSPS) is 13.0. The fraction of sp³-hybridized carbons (Fsp3) is 0.500. The van der Waals surface area contributed by atoms with Gasteiger partial charge in [0.25, 0.3) is 0 Å². The molecular weight excluding hydrogens is 216 g/mol. The van der Waals surface area contributed by atoms with Crippen LogP contribution < -0.4 is 4.74 Å². The van der Waals surface area contributed by atoms with Crippen molar-refractivity contribution in [1.82, 2.24) is 0 Å². The van der Waals surface area contributed by atoms with Crippen LogP contribution >= 0.6 is 0 Å². The molecule has 0 amide bonds. The van der Waals surface area contributed by atoms with Crippen LogP contribution in [0.4, 0.5) is 0 Å². The van der Waals surface area contributed by atoms with E-state index >= 15 is 0 Å². The van der Waals surface area contributed by atoms with Gasteiger partial charge in [-0.1, -0.05) is 32.9 Å². The lowest BCUT2D eigenvalue weighted by Gasteiger charge is -2.30. The van der Waals surface area contributed by atoms with Crippen molar-refractivity contribution in [3.05, 3.63) is 29.8 Å². The zero-order chi connectivity index (χ0) is 13.1. The average molecular weight is 236 g/mol. The fourth-order valence-electron chi connectivity index (χ4n) is 1.34. The molecule has 1 rings (SSSR count). The smallest absolute Gasteiger partial charge is 0.305 e. The van der Waals surface area contributed by atoms with Gasteiger partial charge in [-0.25, -0.2) is 0 Å². The highest BCUT2D eigenvalue weighted by Gasteiger charge is 2.29. The standard InChI is InChI=1S/C14H20O3/c1-10-7-6-8-12(9-10)17-13(14(3,4)5)16-11(2)15/h6-9,13H,1-5H3. The number of carbonyl (C=O) groups is 1. The number of rotatable bonds is 3. The van der Waals surface area contributed by atoms with Crippen molar-refractivity contribution in [2.75, 3.05) is 0 Å². The Morgan fingerprint density at radius 2 is 1.94 bits per heavy atom. The highest BCUT2D eigenvalue weighted by Crippen LogP contribution is 2.26. The second kappa shape index (κ2) is 5.21. The lowest BCUT2D eigenvalue weighted by atomic mass is 9.96. The number of aryl methyl sites for hydroxylation is 1. The van der Waals surface area contributed by atoms with Crippen molar-refractivity contribution in [2.45, 2.75) is 40.9 Å². The Labute approximate surface area is 103 Å². The summed E-state index contributed by atoms with van der Waals surface area (Å²) in [4.78, 5) is 11.1. The summed E-state index contributed by atoms with van der Waals surface area (Å²) in [6, 6.07) is 7.68. The molecule has 0 aliphatic heterocycles. The Bertz CT molecular complexity index is 391. The first kappa shape index (κ1) is 13.6. The van der Waals surface area contributed by atoms with Crippen LogP contribution in [0.2, 0.25) is 0 Å². The van der Waals surface area contributed by atoms with E-state index in [2.05, 4.69) is 0 Å². The first-order chi connectivity index (χ1) is 7.79. The third-order valence-electron chi connectivity index (χ3n) is 2.21. The minimum Gasteiger partial charge on any atom is -0.454 e. The van der Waals surface area contributed by atoms with Gasteiger partial charge in [0.15, 0.2) is 0 Å². The molecule has 1 aromatic rings. The topological polar surface area (TPSA) is 35.5 Å². The Hall–Kier alpha value is -1.51. The van der Waals surface area contributed by atoms with Crippen molar-refractivity contribution < 1.29 is 14.3 Å². The van der Waals surface area contributed by atoms with Crippen LogP contribution in [0.3, 0.4) is 0 Å². The molecule has 0 radical (unpaired) electrons. The number of carbonyl (C=O) groups excluding carboxylic acids is 1. The second-order valence-electron chi connectivity index (χ2n) is 5.24. The fourth-order valence-corrected chi connectivity index (χ4v) is 1.34. The first-order valence-electron chi connectivity index (χ1n) is 5.69. The number of esters is 1. The van der Waals surface area contributed by atoms with Crippen molar-refractivity contribution in [3.63, 3.8) is 0 Å². The summed E-state index contributed by atoms with van der Waals surface area (Å²) in [5.74, 6) is 0.378. The van der Waals surface area contributed by atoms with Crippen molar-refractivity contribution >= 4 is 5.97 Å². The van der Waals surface area contributed by atoms with E-state index < -0.39 is 6.29 Å². The SMILES string of the molecule is CC(=O)OC(Oc1cccc(C)c1)C(C)(C)C. The summed E-state index contributed by atoms with van der Waals surface area (Å²) in [5, 5.41) is 0. The second-order valence-corrected chi connectivity index (χ2v) is 5.24. The molecule has 17 heavy (non-hydrogen) atoms. The van der Waals surface area contributed by atoms with E-state index in [1.807, 2.05) is 52.0 Å². The van der Waals surface area contributed by atoms with Crippen LogP contribution in [-0.4, -0.2) is 12.3 Å². The largest absolute Gasteiger partial charge is 0.454 e. The number of hydrogen-bond acceptors (Lipinski definition) is 3. The molecule has 1 atom stereocenters. The molecule has 0 spiro atoms. The highest BCUT2D eigenvalue weighted by atomic mass is 16.7. The highest BCUT2D eigenvalue weighted by molar-refractivity contribution is 5.66. The van der Waals surface area contributed by atoms with Crippen LogP contribution in [0.1, 0.15) is 33.3 Å². The van der Waals surface area contributed by atoms with Gasteiger partial charge in [-0.2, -0.15) is 0 Å². The summed E-state index contributed by atoms with van der Waals surface area (Å²) in [6.07, 6.45) is -0.582. The molecule has 0 fully saturated rings. The Morgan fingerprint density at radius 3 is 2.41 bits per heavy atom. The van der Waals surface area contributed by atoms with Crippen LogP contribution in [0.25, 0.3) is 0 Å². The van der Waals surface area contributed by atoms with Gasteiger partial charge in [-0.15, -0.1) is 0 Å². The van der Waals surface area contributed by atoms with E-state index in [0.29, 0.717) is 5.75 Å².